The van der Waals surface area contributed by atoms with Gasteiger partial charge in [-0.3, -0.25) is 0 Å². The number of rotatable bonds is 0. The molecule has 5 nitrogen and oxygen atoms in total. The Labute approximate surface area is 157 Å². The SMILES string of the molecule is C[N+](C)(C)C.C[N+](C)(C)C.C[N+](C)(C)C.C[N+](C)(C)C.N#[C][Fe]. The van der Waals surface area contributed by atoms with Gasteiger partial charge in [0.25, 0.3) is 0 Å². The monoisotopic (exact) mass is 378 g/mol. The Balaban J connectivity index is -0.0000000593. The molecule has 0 amide bonds. The third-order valence-electron chi connectivity index (χ3n) is 0. The molecule has 23 heavy (non-hydrogen) atoms. The second-order valence-corrected chi connectivity index (χ2v) is 11.1. The number of hydrogen-bond acceptors (Lipinski definition) is 1. The quantitative estimate of drug-likeness (QED) is 0.461. The summed E-state index contributed by atoms with van der Waals surface area (Å²) in [6.07, 6.45) is 0. The summed E-state index contributed by atoms with van der Waals surface area (Å²) in [5.41, 5.74) is 0. The minimum atomic E-state index is 1.00. The van der Waals surface area contributed by atoms with E-state index in [-0.39, 0.29) is 0 Å². The Kier molecular flexibility index (Phi) is 22.9. The van der Waals surface area contributed by atoms with Gasteiger partial charge in [-0.1, -0.05) is 0 Å². The van der Waals surface area contributed by atoms with Crippen LogP contribution in [0.2, 0.25) is 0 Å². The molecule has 145 valence electrons. The summed E-state index contributed by atoms with van der Waals surface area (Å²) in [7, 11) is 34.0. The molecule has 0 aromatic carbocycles. The number of nitriles is 1. The maximum absolute atomic E-state index is 7.21. The predicted octanol–water partition coefficient (Wildman–Crippen LogP) is 1.30. The van der Waals surface area contributed by atoms with Crippen LogP contribution < -0.4 is 0 Å². The molecule has 6 heteroatoms. The van der Waals surface area contributed by atoms with Crippen molar-refractivity contribution < 1.29 is 33.9 Å². The van der Waals surface area contributed by atoms with Crippen LogP contribution in [-0.4, -0.2) is 131 Å². The Morgan fingerprint density at radius 1 is 0.435 bits per heavy atom. The third-order valence-corrected chi connectivity index (χ3v) is 0. The molecule has 0 aliphatic heterocycles. The van der Waals surface area contributed by atoms with E-state index in [2.05, 4.69) is 129 Å². The summed E-state index contributed by atoms with van der Waals surface area (Å²) in [5, 5.41) is 7.21. The Bertz CT molecular complexity index is 198. The Morgan fingerprint density at radius 3 is 0.435 bits per heavy atom. The van der Waals surface area contributed by atoms with Crippen LogP contribution in [0.4, 0.5) is 0 Å². The molecule has 0 spiro atoms. The molecule has 0 rings (SSSR count). The summed E-state index contributed by atoms with van der Waals surface area (Å²) >= 11 is 2.79. The van der Waals surface area contributed by atoms with Crippen molar-refractivity contribution in [3.8, 4) is 4.97 Å². The summed E-state index contributed by atoms with van der Waals surface area (Å²) in [6.45, 7) is 0. The van der Waals surface area contributed by atoms with Crippen molar-refractivity contribution in [1.29, 1.82) is 5.26 Å². The van der Waals surface area contributed by atoms with Crippen molar-refractivity contribution in [2.75, 3.05) is 113 Å². The zero-order chi connectivity index (χ0) is 20.7. The van der Waals surface area contributed by atoms with Crippen LogP contribution in [0.3, 0.4) is 0 Å². The van der Waals surface area contributed by atoms with E-state index < -0.39 is 0 Å². The van der Waals surface area contributed by atoms with E-state index in [0.717, 1.165) is 17.9 Å². The second-order valence-electron chi connectivity index (χ2n) is 10.8. The van der Waals surface area contributed by atoms with Crippen molar-refractivity contribution in [2.24, 2.45) is 0 Å². The van der Waals surface area contributed by atoms with Crippen LogP contribution in [0, 0.1) is 10.2 Å². The topological polar surface area (TPSA) is 23.8 Å². The van der Waals surface area contributed by atoms with Crippen LogP contribution in [-0.2, 0) is 16.0 Å². The van der Waals surface area contributed by atoms with E-state index in [1.54, 1.807) is 0 Å². The fraction of sp³-hybridized carbons (Fsp3) is 0.941. The first-order valence-electron chi connectivity index (χ1n) is 7.56. The molecule has 0 aliphatic carbocycles. The molecule has 0 aliphatic rings. The minimum absolute atomic E-state index is 1.00. The molecule has 0 radical (unpaired) electrons. The van der Waals surface area contributed by atoms with Crippen LogP contribution in [0.5, 0.6) is 0 Å². The molecule has 0 aromatic heterocycles. The zero-order valence-electron chi connectivity index (χ0n) is 19.1. The van der Waals surface area contributed by atoms with Crippen molar-refractivity contribution in [1.82, 2.24) is 0 Å². The fourth-order valence-corrected chi connectivity index (χ4v) is 0. The van der Waals surface area contributed by atoms with E-state index in [4.69, 9.17) is 5.26 Å². The van der Waals surface area contributed by atoms with Crippen molar-refractivity contribution in [3.63, 3.8) is 0 Å². The normalized spacial score (nSPS) is 10.8. The molecule has 0 unspecified atom stereocenters. The van der Waals surface area contributed by atoms with Gasteiger partial charge in [0.15, 0.2) is 0 Å². The van der Waals surface area contributed by atoms with Crippen molar-refractivity contribution in [3.05, 3.63) is 0 Å². The molecule has 0 aromatic rings. The predicted molar refractivity (Wildman–Crippen MR) is 101 cm³/mol. The van der Waals surface area contributed by atoms with E-state index in [9.17, 15) is 0 Å². The molecule has 0 bridgehead atoms. The van der Waals surface area contributed by atoms with Crippen LogP contribution in [0.15, 0.2) is 0 Å². The van der Waals surface area contributed by atoms with Gasteiger partial charge in [-0.15, -0.1) is 0 Å². The molecule has 0 saturated heterocycles. The second kappa shape index (κ2) is 15.4. The first kappa shape index (κ1) is 34.2. The van der Waals surface area contributed by atoms with E-state index in [0.29, 0.717) is 0 Å². The Hall–Kier alpha value is -0.151. The average Bonchev–Trinajstić information content (AvgIpc) is 1.87. The van der Waals surface area contributed by atoms with E-state index in [1.807, 2.05) is 0 Å². The van der Waals surface area contributed by atoms with Crippen LogP contribution in [0.25, 0.3) is 0 Å². The molecule has 0 N–H and O–H groups in total. The van der Waals surface area contributed by atoms with Gasteiger partial charge in [0.05, 0.1) is 113 Å². The Morgan fingerprint density at radius 2 is 0.435 bits per heavy atom. The molecule has 0 fully saturated rings. The first-order chi connectivity index (χ1) is 9.41. The van der Waals surface area contributed by atoms with Gasteiger partial charge >= 0.3 is 26.2 Å². The van der Waals surface area contributed by atoms with Gasteiger partial charge < -0.3 is 17.9 Å². The third kappa shape index (κ3) is 380000. The summed E-state index contributed by atoms with van der Waals surface area (Å²) in [6, 6.07) is 0. The zero-order valence-corrected chi connectivity index (χ0v) is 20.2. The number of hydrogen-bond donors (Lipinski definition) is 0. The summed E-state index contributed by atoms with van der Waals surface area (Å²) < 4.78 is 4.00. The average molecular weight is 378 g/mol. The van der Waals surface area contributed by atoms with Gasteiger partial charge in [0.2, 0.25) is 0 Å². The van der Waals surface area contributed by atoms with E-state index in [1.165, 1.54) is 4.97 Å². The molecular formula is C17H48FeN5+4. The molecule has 0 heterocycles. The number of nitrogens with zero attached hydrogens (tertiary/aromatic N) is 5. The van der Waals surface area contributed by atoms with Crippen LogP contribution in [0.1, 0.15) is 0 Å². The van der Waals surface area contributed by atoms with Crippen molar-refractivity contribution >= 4 is 0 Å². The van der Waals surface area contributed by atoms with Gasteiger partial charge in [-0.2, -0.15) is 0 Å². The van der Waals surface area contributed by atoms with Crippen molar-refractivity contribution in [2.45, 2.75) is 0 Å². The molecular weight excluding hydrogens is 330 g/mol. The number of quaternary nitrogens is 4. The van der Waals surface area contributed by atoms with E-state index >= 15 is 0 Å². The summed E-state index contributed by atoms with van der Waals surface area (Å²) in [4.78, 5) is 1.50. The van der Waals surface area contributed by atoms with Gasteiger partial charge in [0, 0.05) is 0 Å². The maximum atomic E-state index is 7.21. The summed E-state index contributed by atoms with van der Waals surface area (Å²) in [5.74, 6) is 0. The first-order valence-corrected chi connectivity index (χ1v) is 8.11. The molecule has 0 saturated carbocycles. The van der Waals surface area contributed by atoms with Gasteiger partial charge in [-0.05, 0) is 0 Å². The molecule has 0 atom stereocenters. The van der Waals surface area contributed by atoms with Gasteiger partial charge in [-0.25, -0.2) is 0 Å². The van der Waals surface area contributed by atoms with Gasteiger partial charge in [0.1, 0.15) is 0 Å². The fourth-order valence-electron chi connectivity index (χ4n) is 0. The standard InChI is InChI=1S/4C4H12N.CN.Fe/c4*1-5(2,3)4;1-2;/h4*1-4H3;;/q4*+1;;. The van der Waals surface area contributed by atoms with Crippen LogP contribution >= 0.6 is 0 Å².